The minimum absolute atomic E-state index is 0.0620. The molecular weight excluding hydrogens is 497 g/mol. The molecule has 2 rings (SSSR count). The van der Waals surface area contributed by atoms with Crippen LogP contribution in [0.2, 0.25) is 10.0 Å². The largest absolute Gasteiger partial charge is 0.352 e. The smallest absolute Gasteiger partial charge is 0.244 e. The molecular formula is C24H31Cl2N3O4S. The summed E-state index contributed by atoms with van der Waals surface area (Å²) in [6, 6.07) is 12.8. The van der Waals surface area contributed by atoms with E-state index >= 15 is 0 Å². The van der Waals surface area contributed by atoms with Crippen LogP contribution in [-0.2, 0) is 26.2 Å². The number of rotatable bonds is 11. The van der Waals surface area contributed by atoms with Crippen LogP contribution >= 0.6 is 23.2 Å². The van der Waals surface area contributed by atoms with Gasteiger partial charge in [-0.05, 0) is 43.5 Å². The third-order valence-corrected chi connectivity index (χ3v) is 7.12. The van der Waals surface area contributed by atoms with Gasteiger partial charge in [0.05, 0.1) is 17.0 Å². The number of sulfonamides is 1. The van der Waals surface area contributed by atoms with E-state index in [-0.39, 0.29) is 34.2 Å². The molecule has 7 nitrogen and oxygen atoms in total. The van der Waals surface area contributed by atoms with Gasteiger partial charge in [-0.3, -0.25) is 13.9 Å². The molecule has 0 aliphatic carbocycles. The molecule has 1 N–H and O–H groups in total. The van der Waals surface area contributed by atoms with E-state index in [1.54, 1.807) is 0 Å². The van der Waals surface area contributed by atoms with Crippen molar-refractivity contribution in [3.8, 4) is 0 Å². The van der Waals surface area contributed by atoms with Crippen LogP contribution in [0.5, 0.6) is 0 Å². The van der Waals surface area contributed by atoms with Crippen molar-refractivity contribution >= 4 is 50.7 Å². The summed E-state index contributed by atoms with van der Waals surface area (Å²) in [5.74, 6) is -0.815. The van der Waals surface area contributed by atoms with Crippen molar-refractivity contribution in [2.75, 3.05) is 17.1 Å². The van der Waals surface area contributed by atoms with Crippen molar-refractivity contribution in [1.29, 1.82) is 0 Å². The molecule has 0 heterocycles. The first-order valence-electron chi connectivity index (χ1n) is 11.0. The first-order valence-corrected chi connectivity index (χ1v) is 13.6. The molecule has 186 valence electrons. The van der Waals surface area contributed by atoms with Gasteiger partial charge in [-0.1, -0.05) is 67.4 Å². The maximum Gasteiger partial charge on any atom is 0.244 e. The van der Waals surface area contributed by atoms with Gasteiger partial charge >= 0.3 is 0 Å². The van der Waals surface area contributed by atoms with Crippen LogP contribution in [0.1, 0.15) is 39.2 Å². The van der Waals surface area contributed by atoms with Crippen molar-refractivity contribution in [3.63, 3.8) is 0 Å². The second-order valence-corrected chi connectivity index (χ2v) is 10.9. The van der Waals surface area contributed by atoms with Gasteiger partial charge in [0.15, 0.2) is 0 Å². The Bertz CT molecular complexity index is 1100. The zero-order valence-corrected chi connectivity index (χ0v) is 22.1. The standard InChI is InChI=1S/C24H31Cl2N3O4S/c1-5-17(3)27-24(31)21(6-2)28(15-18-10-8-7-9-11-18)23(30)16-29(34(4,32)33)22-14-19(25)12-13-20(22)26/h7-14,17,21H,5-6,15-16H2,1-4H3,(H,27,31)/t17-,21-/m0/s1. The number of hydrogen-bond donors (Lipinski definition) is 1. The lowest BCUT2D eigenvalue weighted by molar-refractivity contribution is -0.140. The Kier molecular flexibility index (Phi) is 10.2. The lowest BCUT2D eigenvalue weighted by atomic mass is 10.1. The van der Waals surface area contributed by atoms with Gasteiger partial charge in [0.1, 0.15) is 12.6 Å². The molecule has 0 saturated heterocycles. The summed E-state index contributed by atoms with van der Waals surface area (Å²) in [5.41, 5.74) is 0.916. The molecule has 0 aromatic heterocycles. The number of anilines is 1. The van der Waals surface area contributed by atoms with E-state index < -0.39 is 28.5 Å². The average molecular weight is 529 g/mol. The third-order valence-electron chi connectivity index (χ3n) is 5.44. The van der Waals surface area contributed by atoms with Gasteiger partial charge in [0.2, 0.25) is 21.8 Å². The summed E-state index contributed by atoms with van der Waals surface area (Å²) in [4.78, 5) is 28.1. The van der Waals surface area contributed by atoms with Crippen molar-refractivity contribution in [1.82, 2.24) is 10.2 Å². The Morgan fingerprint density at radius 3 is 2.24 bits per heavy atom. The lowest BCUT2D eigenvalue weighted by Gasteiger charge is -2.33. The molecule has 2 atom stereocenters. The summed E-state index contributed by atoms with van der Waals surface area (Å²) < 4.78 is 26.2. The molecule has 0 fully saturated rings. The Labute approximate surface area is 212 Å². The highest BCUT2D eigenvalue weighted by atomic mass is 35.5. The fraction of sp³-hybridized carbons (Fsp3) is 0.417. The van der Waals surface area contributed by atoms with Gasteiger partial charge in [-0.15, -0.1) is 0 Å². The molecule has 0 aliphatic rings. The number of halogens is 2. The van der Waals surface area contributed by atoms with Crippen LogP contribution in [0.3, 0.4) is 0 Å². The number of nitrogens with zero attached hydrogens (tertiary/aromatic N) is 2. The maximum absolute atomic E-state index is 13.6. The molecule has 0 unspecified atom stereocenters. The summed E-state index contributed by atoms with van der Waals surface area (Å²) in [7, 11) is -3.89. The Hall–Kier alpha value is -2.29. The van der Waals surface area contributed by atoms with E-state index in [0.717, 1.165) is 22.5 Å². The molecule has 2 aromatic carbocycles. The maximum atomic E-state index is 13.6. The molecule has 0 bridgehead atoms. The summed E-state index contributed by atoms with van der Waals surface area (Å²) >= 11 is 12.3. The Morgan fingerprint density at radius 2 is 1.68 bits per heavy atom. The average Bonchev–Trinajstić information content (AvgIpc) is 2.78. The normalized spacial score (nSPS) is 13.1. The highest BCUT2D eigenvalue weighted by Gasteiger charge is 2.32. The number of hydrogen-bond acceptors (Lipinski definition) is 4. The Morgan fingerprint density at radius 1 is 1.03 bits per heavy atom. The second-order valence-electron chi connectivity index (χ2n) is 8.11. The highest BCUT2D eigenvalue weighted by Crippen LogP contribution is 2.31. The molecule has 0 saturated carbocycles. The van der Waals surface area contributed by atoms with Gasteiger partial charge in [-0.2, -0.15) is 0 Å². The molecule has 0 spiro atoms. The van der Waals surface area contributed by atoms with Gasteiger partial charge < -0.3 is 10.2 Å². The zero-order chi connectivity index (χ0) is 25.5. The quantitative estimate of drug-likeness (QED) is 0.466. The number of nitrogens with one attached hydrogen (secondary N) is 1. The van der Waals surface area contributed by atoms with Gasteiger partial charge in [-0.25, -0.2) is 8.42 Å². The predicted molar refractivity (Wildman–Crippen MR) is 138 cm³/mol. The van der Waals surface area contributed by atoms with E-state index in [1.807, 2.05) is 51.1 Å². The van der Waals surface area contributed by atoms with E-state index in [1.165, 1.54) is 23.1 Å². The van der Waals surface area contributed by atoms with Crippen LogP contribution in [0.15, 0.2) is 48.5 Å². The molecule has 0 aliphatic heterocycles. The SMILES string of the molecule is CC[C@H](C)NC(=O)[C@H](CC)N(Cc1ccccc1)C(=O)CN(c1cc(Cl)ccc1Cl)S(C)(=O)=O. The highest BCUT2D eigenvalue weighted by molar-refractivity contribution is 7.92. The van der Waals surface area contributed by atoms with Crippen molar-refractivity contribution < 1.29 is 18.0 Å². The molecule has 2 amide bonds. The van der Waals surface area contributed by atoms with Crippen LogP contribution in [0, 0.1) is 0 Å². The van der Waals surface area contributed by atoms with Crippen molar-refractivity contribution in [3.05, 3.63) is 64.1 Å². The monoisotopic (exact) mass is 527 g/mol. The van der Waals surface area contributed by atoms with E-state index in [0.29, 0.717) is 6.42 Å². The summed E-state index contributed by atoms with van der Waals surface area (Å²) in [5, 5.41) is 3.35. The lowest BCUT2D eigenvalue weighted by Crippen LogP contribution is -2.53. The fourth-order valence-electron chi connectivity index (χ4n) is 3.41. The minimum Gasteiger partial charge on any atom is -0.352 e. The summed E-state index contributed by atoms with van der Waals surface area (Å²) in [6.45, 7) is 5.28. The summed E-state index contributed by atoms with van der Waals surface area (Å²) in [6.07, 6.45) is 2.09. The number of amides is 2. The van der Waals surface area contributed by atoms with Crippen LogP contribution in [0.25, 0.3) is 0 Å². The minimum atomic E-state index is -3.89. The topological polar surface area (TPSA) is 86.8 Å². The first-order chi connectivity index (χ1) is 16.0. The van der Waals surface area contributed by atoms with Crippen LogP contribution in [-0.4, -0.2) is 50.0 Å². The number of benzene rings is 2. The second kappa shape index (κ2) is 12.4. The van der Waals surface area contributed by atoms with Crippen LogP contribution in [0.4, 0.5) is 5.69 Å². The molecule has 10 heteroatoms. The fourth-order valence-corrected chi connectivity index (χ4v) is 4.70. The molecule has 2 aromatic rings. The molecule has 0 radical (unpaired) electrons. The number of carbonyl (C=O) groups is 2. The van der Waals surface area contributed by atoms with Gasteiger partial charge in [0.25, 0.3) is 0 Å². The predicted octanol–water partition coefficient (Wildman–Crippen LogP) is 4.48. The van der Waals surface area contributed by atoms with E-state index in [9.17, 15) is 18.0 Å². The van der Waals surface area contributed by atoms with Crippen molar-refractivity contribution in [2.24, 2.45) is 0 Å². The Balaban J connectivity index is 2.45. The molecule has 34 heavy (non-hydrogen) atoms. The van der Waals surface area contributed by atoms with Crippen molar-refractivity contribution in [2.45, 2.75) is 52.2 Å². The van der Waals surface area contributed by atoms with E-state index in [4.69, 9.17) is 23.2 Å². The third kappa shape index (κ3) is 7.61. The number of carbonyl (C=O) groups excluding carboxylic acids is 2. The first kappa shape index (κ1) is 28.0. The van der Waals surface area contributed by atoms with E-state index in [2.05, 4.69) is 5.32 Å². The van der Waals surface area contributed by atoms with Gasteiger partial charge in [0, 0.05) is 17.6 Å². The zero-order valence-electron chi connectivity index (χ0n) is 19.8. The van der Waals surface area contributed by atoms with Crippen LogP contribution < -0.4 is 9.62 Å².